The average molecular weight is 698 g/mol. The minimum absolute atomic E-state index is 0.00193. The third kappa shape index (κ3) is 8.86. The third-order valence-electron chi connectivity index (χ3n) is 7.87. The number of halogens is 3. The maximum Gasteiger partial charge on any atom is 0.331 e. The van der Waals surface area contributed by atoms with Crippen LogP contribution in [0.4, 0.5) is 10.1 Å². The second-order valence-electron chi connectivity index (χ2n) is 11.0. The summed E-state index contributed by atoms with van der Waals surface area (Å²) in [4.78, 5) is 58.8. The molecule has 0 bridgehead atoms. The molecule has 0 aromatic heterocycles. The Kier molecular flexibility index (Phi) is 11.5. The smallest absolute Gasteiger partial charge is 0.331 e. The maximum absolute atomic E-state index is 13.3. The minimum atomic E-state index is -0.739. The number of rotatable bonds is 9. The molecule has 0 atom stereocenters. The van der Waals surface area contributed by atoms with Crippen LogP contribution in [0.1, 0.15) is 45.5 Å². The zero-order chi connectivity index (χ0) is 33.5. The average Bonchev–Trinajstić information content (AvgIpc) is 3.36. The first-order chi connectivity index (χ1) is 22.6. The Hall–Kier alpha value is -4.03. The zero-order valence-corrected chi connectivity index (χ0v) is 27.7. The fourth-order valence-corrected chi connectivity index (χ4v) is 6.72. The lowest BCUT2D eigenvalue weighted by Gasteiger charge is -2.32. The molecule has 1 N–H and O–H groups in total. The van der Waals surface area contributed by atoms with E-state index in [1.54, 1.807) is 24.3 Å². The van der Waals surface area contributed by atoms with Crippen LogP contribution in [0.3, 0.4) is 0 Å². The van der Waals surface area contributed by atoms with Gasteiger partial charge in [0.2, 0.25) is 0 Å². The molecule has 3 amide bonds. The molecule has 3 aromatic rings. The molecule has 47 heavy (non-hydrogen) atoms. The molecule has 0 aliphatic carbocycles. The molecule has 0 unspecified atom stereocenters. The maximum atomic E-state index is 13.3. The largest absolute Gasteiger partial charge is 0.466 e. The normalized spacial score (nSPS) is 17.4. The van der Waals surface area contributed by atoms with Crippen LogP contribution in [-0.4, -0.2) is 60.5 Å². The molecular formula is C34H31Cl2FN4O5S. The first kappa shape index (κ1) is 34.3. The fourth-order valence-electron chi connectivity index (χ4n) is 5.29. The van der Waals surface area contributed by atoms with Crippen molar-refractivity contribution in [2.75, 3.05) is 31.6 Å². The van der Waals surface area contributed by atoms with Crippen LogP contribution < -0.4 is 10.2 Å². The van der Waals surface area contributed by atoms with Gasteiger partial charge in [-0.1, -0.05) is 35.3 Å². The summed E-state index contributed by atoms with van der Waals surface area (Å²) in [5.74, 6) is -2.02. The summed E-state index contributed by atoms with van der Waals surface area (Å²) >= 11 is 13.0. The van der Waals surface area contributed by atoms with E-state index in [1.165, 1.54) is 42.3 Å². The van der Waals surface area contributed by atoms with Gasteiger partial charge in [-0.3, -0.25) is 24.2 Å². The van der Waals surface area contributed by atoms with E-state index in [0.717, 1.165) is 62.3 Å². The topological polar surface area (TPSA) is 108 Å². The van der Waals surface area contributed by atoms with Gasteiger partial charge >= 0.3 is 5.97 Å². The lowest BCUT2D eigenvalue weighted by Crippen LogP contribution is -2.35. The van der Waals surface area contributed by atoms with E-state index in [4.69, 9.17) is 23.2 Å². The predicted octanol–water partition coefficient (Wildman–Crippen LogP) is 6.50. The van der Waals surface area contributed by atoms with E-state index in [-0.39, 0.29) is 32.4 Å². The summed E-state index contributed by atoms with van der Waals surface area (Å²) in [6.07, 6.45) is 3.93. The summed E-state index contributed by atoms with van der Waals surface area (Å²) in [6, 6.07) is 17.2. The number of piperidine rings is 1. The van der Waals surface area contributed by atoms with Gasteiger partial charge in [-0.15, -0.1) is 0 Å². The van der Waals surface area contributed by atoms with Crippen LogP contribution in [-0.2, 0) is 20.9 Å². The molecule has 2 saturated heterocycles. The van der Waals surface area contributed by atoms with E-state index < -0.39 is 17.8 Å². The van der Waals surface area contributed by atoms with Gasteiger partial charge in [-0.05, 0) is 110 Å². The van der Waals surface area contributed by atoms with Gasteiger partial charge in [0.25, 0.3) is 17.7 Å². The molecule has 2 aliphatic rings. The number of hydrogen-bond acceptors (Lipinski definition) is 7. The number of amides is 3. The van der Waals surface area contributed by atoms with Gasteiger partial charge < -0.3 is 10.1 Å². The Labute approximate surface area is 285 Å². The molecule has 5 rings (SSSR count). The van der Waals surface area contributed by atoms with Crippen LogP contribution in [0.2, 0.25) is 10.0 Å². The van der Waals surface area contributed by atoms with E-state index in [0.29, 0.717) is 28.7 Å². The standard InChI is InChI=1S/C34H31Cl2FN4O5S/c1-46-30(42)19-29-33(45)41(34(47-29)39-32(44)27-11-6-24(35)18-28(27)36)26-9-4-23(5-10-26)31(43)38-15-12-21-13-16-40(17-14-21)20-22-2-7-25(37)8-3-22/h2-11,18-19,21H,12-17,20H2,1H3,(H,38,43). The van der Waals surface area contributed by atoms with Crippen LogP contribution >= 0.6 is 35.0 Å². The number of carbonyl (C=O) groups is 4. The van der Waals surface area contributed by atoms with E-state index in [2.05, 4.69) is 19.9 Å². The van der Waals surface area contributed by atoms with Crippen molar-refractivity contribution in [3.8, 4) is 0 Å². The van der Waals surface area contributed by atoms with Crippen molar-refractivity contribution in [3.63, 3.8) is 0 Å². The van der Waals surface area contributed by atoms with Crippen LogP contribution in [0, 0.1) is 11.7 Å². The second kappa shape index (κ2) is 15.7. The number of carbonyl (C=O) groups excluding carboxylic acids is 4. The predicted molar refractivity (Wildman–Crippen MR) is 181 cm³/mol. The second-order valence-corrected chi connectivity index (χ2v) is 12.9. The number of esters is 1. The van der Waals surface area contributed by atoms with Gasteiger partial charge in [0.1, 0.15) is 5.82 Å². The highest BCUT2D eigenvalue weighted by atomic mass is 35.5. The monoisotopic (exact) mass is 696 g/mol. The van der Waals surface area contributed by atoms with Crippen molar-refractivity contribution >= 4 is 69.5 Å². The van der Waals surface area contributed by atoms with Gasteiger partial charge in [0, 0.05) is 29.8 Å². The number of thioether (sulfide) groups is 1. The third-order valence-corrected chi connectivity index (χ3v) is 9.38. The van der Waals surface area contributed by atoms with Crippen molar-refractivity contribution in [2.24, 2.45) is 10.9 Å². The molecular weight excluding hydrogens is 666 g/mol. The van der Waals surface area contributed by atoms with E-state index >= 15 is 0 Å². The highest BCUT2D eigenvalue weighted by Crippen LogP contribution is 2.36. The summed E-state index contributed by atoms with van der Waals surface area (Å²) < 4.78 is 17.8. The van der Waals surface area contributed by atoms with Crippen LogP contribution in [0.25, 0.3) is 0 Å². The number of nitrogens with zero attached hydrogens (tertiary/aromatic N) is 3. The van der Waals surface area contributed by atoms with Crippen LogP contribution in [0.15, 0.2) is 82.7 Å². The number of ether oxygens (including phenoxy) is 1. The summed E-state index contributed by atoms with van der Waals surface area (Å²) in [6.45, 7) is 3.22. The fraction of sp³-hybridized carbons (Fsp3) is 0.265. The Morgan fingerprint density at radius 2 is 1.74 bits per heavy atom. The first-order valence-corrected chi connectivity index (χ1v) is 16.4. The van der Waals surface area contributed by atoms with Crippen molar-refractivity contribution in [2.45, 2.75) is 25.8 Å². The molecule has 9 nitrogen and oxygen atoms in total. The lowest BCUT2D eigenvalue weighted by atomic mass is 9.93. The van der Waals surface area contributed by atoms with Gasteiger partial charge in [-0.2, -0.15) is 4.99 Å². The Balaban J connectivity index is 1.19. The number of benzene rings is 3. The number of anilines is 1. The summed E-state index contributed by atoms with van der Waals surface area (Å²) in [5, 5.41) is 3.42. The molecule has 2 fully saturated rings. The number of likely N-dealkylation sites (tertiary alicyclic amines) is 1. The molecule has 3 aromatic carbocycles. The Morgan fingerprint density at radius 1 is 1.04 bits per heavy atom. The molecule has 2 aliphatic heterocycles. The number of methoxy groups -OCH3 is 1. The lowest BCUT2D eigenvalue weighted by molar-refractivity contribution is -0.135. The quantitative estimate of drug-likeness (QED) is 0.201. The van der Waals surface area contributed by atoms with Gasteiger partial charge in [-0.25, -0.2) is 9.18 Å². The van der Waals surface area contributed by atoms with Crippen molar-refractivity contribution in [1.29, 1.82) is 0 Å². The number of aliphatic imine (C=N–C) groups is 1. The van der Waals surface area contributed by atoms with Crippen molar-refractivity contribution < 1.29 is 28.3 Å². The molecule has 2 heterocycles. The van der Waals surface area contributed by atoms with Crippen molar-refractivity contribution in [3.05, 3.63) is 110 Å². The molecule has 13 heteroatoms. The SMILES string of the molecule is COC(=O)C=C1SC(=NC(=O)c2ccc(Cl)cc2Cl)N(c2ccc(C(=O)NCCC3CCN(Cc4ccc(F)cc4)CC3)cc2)C1=O. The number of hydrogen-bond donors (Lipinski definition) is 1. The molecule has 0 radical (unpaired) electrons. The van der Waals surface area contributed by atoms with Gasteiger partial charge in [0.15, 0.2) is 5.17 Å². The minimum Gasteiger partial charge on any atom is -0.466 e. The summed E-state index contributed by atoms with van der Waals surface area (Å²) in [7, 11) is 1.19. The summed E-state index contributed by atoms with van der Waals surface area (Å²) in [5.41, 5.74) is 1.92. The Morgan fingerprint density at radius 3 is 2.40 bits per heavy atom. The van der Waals surface area contributed by atoms with Crippen LogP contribution in [0.5, 0.6) is 0 Å². The number of nitrogens with one attached hydrogen (secondary N) is 1. The zero-order valence-electron chi connectivity index (χ0n) is 25.4. The molecule has 244 valence electrons. The Bertz CT molecular complexity index is 1730. The van der Waals surface area contributed by atoms with Gasteiger partial charge in [0.05, 0.1) is 28.3 Å². The first-order valence-electron chi connectivity index (χ1n) is 14.9. The highest BCUT2D eigenvalue weighted by Gasteiger charge is 2.36. The number of amidine groups is 1. The highest BCUT2D eigenvalue weighted by molar-refractivity contribution is 8.19. The van der Waals surface area contributed by atoms with E-state index in [9.17, 15) is 23.6 Å². The van der Waals surface area contributed by atoms with E-state index in [1.807, 2.05) is 12.1 Å². The van der Waals surface area contributed by atoms with Crippen molar-refractivity contribution in [1.82, 2.24) is 10.2 Å². The molecule has 0 spiro atoms. The molecule has 0 saturated carbocycles.